The standard InChI is InChI=1S/C10H9BrClF3N2O/c11-7-2-1-6(12)3-8(7)16-4-9(18)17-5-10(13,14)15/h1-3,16H,4-5H2,(H,17,18). The largest absolute Gasteiger partial charge is 0.405 e. The maximum atomic E-state index is 11.8. The lowest BCUT2D eigenvalue weighted by molar-refractivity contribution is -0.137. The molecule has 1 amide bonds. The van der Waals surface area contributed by atoms with Crippen molar-refractivity contribution in [3.05, 3.63) is 27.7 Å². The number of carbonyl (C=O) groups is 1. The minimum absolute atomic E-state index is 0.269. The Morgan fingerprint density at radius 3 is 2.67 bits per heavy atom. The zero-order valence-electron chi connectivity index (χ0n) is 8.94. The number of benzene rings is 1. The summed E-state index contributed by atoms with van der Waals surface area (Å²) in [6.45, 7) is -1.61. The van der Waals surface area contributed by atoms with E-state index < -0.39 is 18.6 Å². The first-order valence-corrected chi connectivity index (χ1v) is 5.97. The molecule has 0 bridgehead atoms. The van der Waals surface area contributed by atoms with Gasteiger partial charge in [0.05, 0.1) is 12.2 Å². The van der Waals surface area contributed by atoms with E-state index in [1.54, 1.807) is 23.5 Å². The highest BCUT2D eigenvalue weighted by atomic mass is 79.9. The Labute approximate surface area is 115 Å². The number of anilines is 1. The third-order valence-corrected chi connectivity index (χ3v) is 2.78. The lowest BCUT2D eigenvalue weighted by Crippen LogP contribution is -2.37. The molecular formula is C10H9BrClF3N2O. The molecule has 0 spiro atoms. The van der Waals surface area contributed by atoms with Gasteiger partial charge in [-0.25, -0.2) is 0 Å². The highest BCUT2D eigenvalue weighted by Crippen LogP contribution is 2.25. The third-order valence-electron chi connectivity index (χ3n) is 1.85. The molecule has 0 saturated carbocycles. The average Bonchev–Trinajstić information content (AvgIpc) is 2.26. The molecule has 0 aliphatic carbocycles. The predicted octanol–water partition coefficient (Wildman–Crippen LogP) is 3.19. The summed E-state index contributed by atoms with van der Waals surface area (Å²) in [5, 5.41) is 4.89. The Kier molecular flexibility index (Phi) is 5.28. The van der Waals surface area contributed by atoms with Gasteiger partial charge in [0.2, 0.25) is 5.91 Å². The van der Waals surface area contributed by atoms with Crippen LogP contribution in [0.1, 0.15) is 0 Å². The van der Waals surface area contributed by atoms with Gasteiger partial charge in [-0.15, -0.1) is 0 Å². The van der Waals surface area contributed by atoms with Crippen LogP contribution in [0, 0.1) is 0 Å². The van der Waals surface area contributed by atoms with E-state index >= 15 is 0 Å². The molecule has 3 nitrogen and oxygen atoms in total. The second kappa shape index (κ2) is 6.29. The quantitative estimate of drug-likeness (QED) is 0.880. The summed E-state index contributed by atoms with van der Waals surface area (Å²) >= 11 is 8.96. The summed E-state index contributed by atoms with van der Waals surface area (Å²) in [5.41, 5.74) is 0.532. The topological polar surface area (TPSA) is 41.1 Å². The van der Waals surface area contributed by atoms with Crippen molar-refractivity contribution in [2.45, 2.75) is 6.18 Å². The number of hydrogen-bond acceptors (Lipinski definition) is 2. The smallest absolute Gasteiger partial charge is 0.375 e. The molecule has 2 N–H and O–H groups in total. The number of carbonyl (C=O) groups excluding carboxylic acids is 1. The summed E-state index contributed by atoms with van der Waals surface area (Å²) in [5.74, 6) is -0.751. The van der Waals surface area contributed by atoms with Gasteiger partial charge in [0, 0.05) is 9.50 Å². The van der Waals surface area contributed by atoms with Crippen molar-refractivity contribution in [3.63, 3.8) is 0 Å². The van der Waals surface area contributed by atoms with Crippen LogP contribution in [0.2, 0.25) is 5.02 Å². The van der Waals surface area contributed by atoms with E-state index in [4.69, 9.17) is 11.6 Å². The molecule has 8 heteroatoms. The van der Waals surface area contributed by atoms with E-state index in [-0.39, 0.29) is 6.54 Å². The highest BCUT2D eigenvalue weighted by molar-refractivity contribution is 9.10. The number of amides is 1. The van der Waals surface area contributed by atoms with Crippen LogP contribution in [-0.4, -0.2) is 25.2 Å². The predicted molar refractivity (Wildman–Crippen MR) is 66.7 cm³/mol. The minimum atomic E-state index is -4.41. The van der Waals surface area contributed by atoms with Crippen LogP contribution >= 0.6 is 27.5 Å². The van der Waals surface area contributed by atoms with Crippen molar-refractivity contribution < 1.29 is 18.0 Å². The zero-order chi connectivity index (χ0) is 13.8. The van der Waals surface area contributed by atoms with Gasteiger partial charge in [0.15, 0.2) is 0 Å². The summed E-state index contributed by atoms with van der Waals surface area (Å²) < 4.78 is 36.2. The number of nitrogens with one attached hydrogen (secondary N) is 2. The molecule has 0 unspecified atom stereocenters. The Hall–Kier alpha value is -0.950. The molecule has 0 fully saturated rings. The Bertz CT molecular complexity index is 440. The molecule has 1 aromatic carbocycles. The van der Waals surface area contributed by atoms with Crippen molar-refractivity contribution >= 4 is 39.1 Å². The molecular weight excluding hydrogens is 336 g/mol. The van der Waals surface area contributed by atoms with Crippen molar-refractivity contribution in [1.82, 2.24) is 5.32 Å². The van der Waals surface area contributed by atoms with Gasteiger partial charge >= 0.3 is 6.18 Å². The lowest BCUT2D eigenvalue weighted by Gasteiger charge is -2.11. The maximum Gasteiger partial charge on any atom is 0.405 e. The third kappa shape index (κ3) is 5.59. The van der Waals surface area contributed by atoms with E-state index in [0.29, 0.717) is 15.2 Å². The van der Waals surface area contributed by atoms with E-state index in [2.05, 4.69) is 21.2 Å². The van der Waals surface area contributed by atoms with Gasteiger partial charge in [0.1, 0.15) is 6.54 Å². The molecule has 1 rings (SSSR count). The van der Waals surface area contributed by atoms with Crippen molar-refractivity contribution in [3.8, 4) is 0 Å². The molecule has 100 valence electrons. The summed E-state index contributed by atoms with van der Waals surface area (Å²) in [6.07, 6.45) is -4.41. The second-order valence-corrected chi connectivity index (χ2v) is 4.66. The molecule has 0 saturated heterocycles. The molecule has 1 aromatic rings. The van der Waals surface area contributed by atoms with Crippen LogP contribution in [0.4, 0.5) is 18.9 Å². The van der Waals surface area contributed by atoms with Crippen LogP contribution in [-0.2, 0) is 4.79 Å². The Morgan fingerprint density at radius 1 is 1.39 bits per heavy atom. The normalized spacial score (nSPS) is 11.2. The van der Waals surface area contributed by atoms with Crippen LogP contribution < -0.4 is 10.6 Å². The minimum Gasteiger partial charge on any atom is -0.375 e. The highest BCUT2D eigenvalue weighted by Gasteiger charge is 2.27. The fourth-order valence-electron chi connectivity index (χ4n) is 1.07. The zero-order valence-corrected chi connectivity index (χ0v) is 11.3. The van der Waals surface area contributed by atoms with Gasteiger partial charge in [0.25, 0.3) is 0 Å². The first-order valence-electron chi connectivity index (χ1n) is 4.80. The van der Waals surface area contributed by atoms with Crippen molar-refractivity contribution in [1.29, 1.82) is 0 Å². The first-order chi connectivity index (χ1) is 8.28. The van der Waals surface area contributed by atoms with Gasteiger partial charge in [-0.3, -0.25) is 4.79 Å². The summed E-state index contributed by atoms with van der Waals surface area (Å²) in [7, 11) is 0. The average molecular weight is 346 g/mol. The van der Waals surface area contributed by atoms with E-state index in [1.807, 2.05) is 0 Å². The second-order valence-electron chi connectivity index (χ2n) is 3.37. The van der Waals surface area contributed by atoms with Gasteiger partial charge in [-0.1, -0.05) is 11.6 Å². The molecule has 0 heterocycles. The lowest BCUT2D eigenvalue weighted by atomic mass is 10.3. The van der Waals surface area contributed by atoms with Crippen LogP contribution in [0.25, 0.3) is 0 Å². The van der Waals surface area contributed by atoms with Gasteiger partial charge in [-0.2, -0.15) is 13.2 Å². The van der Waals surface area contributed by atoms with Crippen molar-refractivity contribution in [2.24, 2.45) is 0 Å². The van der Waals surface area contributed by atoms with Crippen LogP contribution in [0.15, 0.2) is 22.7 Å². The van der Waals surface area contributed by atoms with Crippen LogP contribution in [0.5, 0.6) is 0 Å². The fourth-order valence-corrected chi connectivity index (χ4v) is 1.63. The number of rotatable bonds is 4. The van der Waals surface area contributed by atoms with Crippen molar-refractivity contribution in [2.75, 3.05) is 18.4 Å². The molecule has 0 aliphatic rings. The van der Waals surface area contributed by atoms with E-state index in [9.17, 15) is 18.0 Å². The molecule has 0 radical (unpaired) electrons. The monoisotopic (exact) mass is 344 g/mol. The Morgan fingerprint density at radius 2 is 2.06 bits per heavy atom. The van der Waals surface area contributed by atoms with Crippen LogP contribution in [0.3, 0.4) is 0 Å². The Balaban J connectivity index is 2.45. The number of halogens is 5. The summed E-state index contributed by atoms with van der Waals surface area (Å²) in [4.78, 5) is 11.1. The van der Waals surface area contributed by atoms with E-state index in [0.717, 1.165) is 0 Å². The van der Waals surface area contributed by atoms with Gasteiger partial charge < -0.3 is 10.6 Å². The maximum absolute atomic E-state index is 11.8. The molecule has 0 atom stereocenters. The molecule has 18 heavy (non-hydrogen) atoms. The first kappa shape index (κ1) is 15.1. The fraction of sp³-hybridized carbons (Fsp3) is 0.300. The number of hydrogen-bond donors (Lipinski definition) is 2. The summed E-state index contributed by atoms with van der Waals surface area (Å²) in [6, 6.07) is 4.86. The van der Waals surface area contributed by atoms with E-state index in [1.165, 1.54) is 0 Å². The molecule has 0 aromatic heterocycles. The SMILES string of the molecule is O=C(CNc1cc(Cl)ccc1Br)NCC(F)(F)F. The molecule has 0 aliphatic heterocycles. The van der Waals surface area contributed by atoms with Gasteiger partial charge in [-0.05, 0) is 34.1 Å². The number of alkyl halides is 3.